The van der Waals surface area contributed by atoms with Crippen molar-refractivity contribution in [3.05, 3.63) is 41.1 Å². The molecular formula is C10H7Cl3OS2. The zero-order valence-electron chi connectivity index (χ0n) is 8.13. The number of aliphatic hydroxyl groups is 1. The lowest BCUT2D eigenvalue weighted by molar-refractivity contribution is 0.225. The van der Waals surface area contributed by atoms with Crippen molar-refractivity contribution in [2.75, 3.05) is 0 Å². The van der Waals surface area contributed by atoms with Crippen LogP contribution in [0.25, 0.3) is 0 Å². The zero-order valence-corrected chi connectivity index (χ0v) is 12.0. The van der Waals surface area contributed by atoms with E-state index < -0.39 is 6.10 Å². The maximum atomic E-state index is 10.1. The van der Waals surface area contributed by atoms with E-state index >= 15 is 0 Å². The lowest BCUT2D eigenvalue weighted by atomic mass is 10.1. The normalized spacial score (nSPS) is 13.1. The smallest absolute Gasteiger partial charge is 0.116 e. The first-order valence-electron chi connectivity index (χ1n) is 4.37. The topological polar surface area (TPSA) is 20.2 Å². The highest BCUT2D eigenvalue weighted by Gasteiger charge is 2.19. The molecule has 0 saturated heterocycles. The Morgan fingerprint density at radius 2 is 1.81 bits per heavy atom. The Morgan fingerprint density at radius 1 is 1.12 bits per heavy atom. The van der Waals surface area contributed by atoms with Crippen LogP contribution < -0.4 is 0 Å². The molecule has 2 aromatic heterocycles. The number of aryl methyl sites for hydroxylation is 1. The van der Waals surface area contributed by atoms with Gasteiger partial charge in [0.05, 0.1) is 8.67 Å². The highest BCUT2D eigenvalue weighted by Crippen LogP contribution is 2.40. The Hall–Kier alpha value is 0.230. The molecule has 0 aliphatic carbocycles. The fourth-order valence-corrected chi connectivity index (χ4v) is 4.05. The van der Waals surface area contributed by atoms with E-state index in [1.54, 1.807) is 6.07 Å². The molecule has 2 aromatic rings. The molecule has 6 heteroatoms. The van der Waals surface area contributed by atoms with Gasteiger partial charge in [0.1, 0.15) is 10.4 Å². The quantitative estimate of drug-likeness (QED) is 0.812. The van der Waals surface area contributed by atoms with Gasteiger partial charge in [-0.3, -0.25) is 0 Å². The molecule has 1 N–H and O–H groups in total. The molecule has 0 fully saturated rings. The molecule has 0 aromatic carbocycles. The summed E-state index contributed by atoms with van der Waals surface area (Å²) in [5.74, 6) is 0. The van der Waals surface area contributed by atoms with Crippen LogP contribution in [0, 0.1) is 6.92 Å². The first kappa shape index (κ1) is 12.7. The van der Waals surface area contributed by atoms with E-state index in [0.29, 0.717) is 18.6 Å². The average molecular weight is 314 g/mol. The highest BCUT2D eigenvalue weighted by molar-refractivity contribution is 7.20. The molecule has 0 aliphatic rings. The average Bonchev–Trinajstić information content (AvgIpc) is 2.70. The predicted molar refractivity (Wildman–Crippen MR) is 72.5 cm³/mol. The number of aliphatic hydroxyl groups excluding tert-OH is 1. The second kappa shape index (κ2) is 4.84. The van der Waals surface area contributed by atoms with Crippen LogP contribution in [0.5, 0.6) is 0 Å². The van der Waals surface area contributed by atoms with E-state index in [2.05, 4.69) is 0 Å². The summed E-state index contributed by atoms with van der Waals surface area (Å²) in [7, 11) is 0. The summed E-state index contributed by atoms with van der Waals surface area (Å²) in [5, 5.41) is 10.1. The summed E-state index contributed by atoms with van der Waals surface area (Å²) >= 11 is 20.4. The number of hydrogen-bond donors (Lipinski definition) is 1. The van der Waals surface area contributed by atoms with Crippen LogP contribution in [-0.2, 0) is 0 Å². The zero-order chi connectivity index (χ0) is 11.9. The molecule has 0 radical (unpaired) electrons. The van der Waals surface area contributed by atoms with Crippen LogP contribution in [0.1, 0.15) is 22.1 Å². The van der Waals surface area contributed by atoms with Crippen LogP contribution in [0.3, 0.4) is 0 Å². The minimum atomic E-state index is -0.757. The molecule has 0 aliphatic heterocycles. The minimum absolute atomic E-state index is 0.514. The number of hydrogen-bond acceptors (Lipinski definition) is 3. The van der Waals surface area contributed by atoms with Gasteiger partial charge in [-0.05, 0) is 24.6 Å². The Bertz CT molecular complexity index is 499. The van der Waals surface area contributed by atoms with Crippen LogP contribution >= 0.6 is 57.5 Å². The van der Waals surface area contributed by atoms with Gasteiger partial charge < -0.3 is 5.11 Å². The second-order valence-electron chi connectivity index (χ2n) is 3.29. The molecule has 2 rings (SSSR count). The van der Waals surface area contributed by atoms with Gasteiger partial charge in [0.25, 0.3) is 0 Å². The van der Waals surface area contributed by atoms with Crippen molar-refractivity contribution in [3.63, 3.8) is 0 Å². The van der Waals surface area contributed by atoms with E-state index in [1.165, 1.54) is 22.7 Å². The van der Waals surface area contributed by atoms with Gasteiger partial charge in [0.15, 0.2) is 0 Å². The molecule has 0 bridgehead atoms. The third-order valence-electron chi connectivity index (χ3n) is 2.12. The largest absolute Gasteiger partial charge is 0.383 e. The second-order valence-corrected chi connectivity index (χ2v) is 7.26. The van der Waals surface area contributed by atoms with Crippen molar-refractivity contribution < 1.29 is 5.11 Å². The third kappa shape index (κ3) is 2.40. The van der Waals surface area contributed by atoms with Gasteiger partial charge in [-0.1, -0.05) is 34.8 Å². The summed E-state index contributed by atoms with van der Waals surface area (Å²) in [5.41, 5.74) is 1.59. The van der Waals surface area contributed by atoms with Gasteiger partial charge in [-0.2, -0.15) is 0 Å². The maximum absolute atomic E-state index is 10.1. The van der Waals surface area contributed by atoms with E-state index in [-0.39, 0.29) is 0 Å². The summed E-state index contributed by atoms with van der Waals surface area (Å²) < 4.78 is 1.77. The van der Waals surface area contributed by atoms with Gasteiger partial charge in [-0.15, -0.1) is 22.7 Å². The van der Waals surface area contributed by atoms with Crippen LogP contribution in [0.15, 0.2) is 12.1 Å². The lowest BCUT2D eigenvalue weighted by Gasteiger charge is -2.06. The van der Waals surface area contributed by atoms with Crippen LogP contribution in [0.4, 0.5) is 0 Å². The fraction of sp³-hybridized carbons (Fsp3) is 0.200. The first-order valence-corrected chi connectivity index (χ1v) is 7.14. The van der Waals surface area contributed by atoms with E-state index in [4.69, 9.17) is 34.8 Å². The number of rotatable bonds is 2. The molecule has 1 unspecified atom stereocenters. The summed E-state index contributed by atoms with van der Waals surface area (Å²) in [4.78, 5) is 0.777. The number of halogens is 3. The highest BCUT2D eigenvalue weighted by atomic mass is 35.5. The van der Waals surface area contributed by atoms with Crippen LogP contribution in [0.2, 0.25) is 13.0 Å². The van der Waals surface area contributed by atoms with Crippen LogP contribution in [-0.4, -0.2) is 5.11 Å². The van der Waals surface area contributed by atoms with E-state index in [0.717, 1.165) is 10.4 Å². The molecule has 0 saturated carbocycles. The Morgan fingerprint density at radius 3 is 2.25 bits per heavy atom. The monoisotopic (exact) mass is 312 g/mol. The fourth-order valence-electron chi connectivity index (χ4n) is 1.31. The Labute approximate surface area is 116 Å². The third-order valence-corrected chi connectivity index (χ3v) is 5.25. The molecule has 2 heterocycles. The van der Waals surface area contributed by atoms with Crippen molar-refractivity contribution in [3.8, 4) is 0 Å². The van der Waals surface area contributed by atoms with Gasteiger partial charge in [0.2, 0.25) is 0 Å². The van der Waals surface area contributed by atoms with Crippen molar-refractivity contribution >= 4 is 57.5 Å². The maximum Gasteiger partial charge on any atom is 0.116 e. The van der Waals surface area contributed by atoms with E-state index in [1.807, 2.05) is 13.0 Å². The number of thiophene rings is 2. The molecule has 1 nitrogen and oxygen atoms in total. The molecule has 0 spiro atoms. The van der Waals surface area contributed by atoms with Crippen molar-refractivity contribution in [1.82, 2.24) is 0 Å². The molecule has 0 amide bonds. The van der Waals surface area contributed by atoms with Crippen molar-refractivity contribution in [1.29, 1.82) is 0 Å². The predicted octanol–water partition coefficient (Wildman–Crippen LogP) is 5.16. The molecule has 86 valence electrons. The standard InChI is InChI=1S/C10H7Cl3OS2/c1-4-2-6(15-9(4)12)8(14)5-3-7(11)16-10(5)13/h2-3,8,14H,1H3. The van der Waals surface area contributed by atoms with Crippen molar-refractivity contribution in [2.24, 2.45) is 0 Å². The summed E-state index contributed by atoms with van der Waals surface area (Å²) in [6, 6.07) is 3.54. The Kier molecular flexibility index (Phi) is 3.84. The summed E-state index contributed by atoms with van der Waals surface area (Å²) in [6.07, 6.45) is -0.757. The summed E-state index contributed by atoms with van der Waals surface area (Å²) in [6.45, 7) is 1.90. The SMILES string of the molecule is Cc1cc(C(O)c2cc(Cl)sc2Cl)sc1Cl. The molecule has 1 atom stereocenters. The van der Waals surface area contributed by atoms with Gasteiger partial charge in [-0.25, -0.2) is 0 Å². The van der Waals surface area contributed by atoms with E-state index in [9.17, 15) is 5.11 Å². The Balaban J connectivity index is 2.38. The van der Waals surface area contributed by atoms with Crippen molar-refractivity contribution in [2.45, 2.75) is 13.0 Å². The van der Waals surface area contributed by atoms with Gasteiger partial charge >= 0.3 is 0 Å². The molecule has 16 heavy (non-hydrogen) atoms. The van der Waals surface area contributed by atoms with Gasteiger partial charge in [0, 0.05) is 10.4 Å². The minimum Gasteiger partial charge on any atom is -0.383 e. The first-order chi connectivity index (χ1) is 7.49. The lowest BCUT2D eigenvalue weighted by Crippen LogP contribution is -1.95. The molecular weight excluding hydrogens is 307 g/mol.